The summed E-state index contributed by atoms with van der Waals surface area (Å²) in [4.78, 5) is 23.6. The van der Waals surface area contributed by atoms with Crippen molar-refractivity contribution < 1.29 is 14.3 Å². The highest BCUT2D eigenvalue weighted by molar-refractivity contribution is 5.80. The number of alkyl carbamates (subject to hydrolysis) is 1. The maximum absolute atomic E-state index is 12.1. The molecule has 4 heterocycles. The third-order valence-electron chi connectivity index (χ3n) is 5.45. The maximum Gasteiger partial charge on any atom is 0.407 e. The smallest absolute Gasteiger partial charge is 0.407 e. The number of hydrogen-bond acceptors (Lipinski definition) is 7. The number of nitrogens with zero attached hydrogens (tertiary/aromatic N) is 5. The van der Waals surface area contributed by atoms with Crippen molar-refractivity contribution in [2.24, 2.45) is 0 Å². The number of ether oxygens (including phenoxy) is 2. The normalized spacial score (nSPS) is 18.7. The Hall–Kier alpha value is -3.36. The molecule has 1 saturated heterocycles. The van der Waals surface area contributed by atoms with Crippen molar-refractivity contribution in [3.63, 3.8) is 0 Å². The number of fused-ring (bicyclic) bond motifs is 1. The van der Waals surface area contributed by atoms with E-state index in [0.717, 1.165) is 48.4 Å². The second-order valence-electron chi connectivity index (χ2n) is 9.36. The van der Waals surface area contributed by atoms with Crippen LogP contribution in [0.5, 0.6) is 5.88 Å². The molecule has 1 aliphatic heterocycles. The van der Waals surface area contributed by atoms with Crippen LogP contribution >= 0.6 is 0 Å². The van der Waals surface area contributed by atoms with Gasteiger partial charge in [-0.1, -0.05) is 0 Å². The van der Waals surface area contributed by atoms with Gasteiger partial charge in [0.05, 0.1) is 17.8 Å². The van der Waals surface area contributed by atoms with Crippen LogP contribution in [0, 0.1) is 0 Å². The topological polar surface area (TPSA) is 93.9 Å². The molecule has 1 saturated carbocycles. The minimum absolute atomic E-state index is 0.0177. The van der Waals surface area contributed by atoms with E-state index in [0.29, 0.717) is 12.4 Å². The largest absolute Gasteiger partial charge is 0.474 e. The summed E-state index contributed by atoms with van der Waals surface area (Å²) in [5.41, 5.74) is 2.02. The summed E-state index contributed by atoms with van der Waals surface area (Å²) >= 11 is 0. The molecule has 5 rings (SSSR count). The van der Waals surface area contributed by atoms with E-state index in [1.807, 2.05) is 45.2 Å². The predicted octanol–water partition coefficient (Wildman–Crippen LogP) is 3.44. The number of rotatable bonds is 5. The fraction of sp³-hybridized carbons (Fsp3) is 0.478. The van der Waals surface area contributed by atoms with Gasteiger partial charge in [0.25, 0.3) is 0 Å². The Bertz CT molecular complexity index is 1130. The standard InChI is InChI=1S/C23H28N6O3/c1-23(2,3)32-22(30)26-15-8-11-28(14-15)19-9-12-29-20(27-19)18(13-25-29)17-5-4-10-24-21(17)31-16-6-7-16/h4-5,9-10,12-13,15-16H,6-8,11,14H2,1-3H3,(H,26,30)/t15-/m1/s1. The Morgan fingerprint density at radius 3 is 2.81 bits per heavy atom. The van der Waals surface area contributed by atoms with E-state index in [1.54, 1.807) is 16.9 Å². The summed E-state index contributed by atoms with van der Waals surface area (Å²) in [5, 5.41) is 7.43. The first kappa shape index (κ1) is 20.5. The van der Waals surface area contributed by atoms with E-state index >= 15 is 0 Å². The van der Waals surface area contributed by atoms with E-state index in [4.69, 9.17) is 14.5 Å². The fourth-order valence-corrected chi connectivity index (χ4v) is 3.82. The molecule has 3 aromatic rings. The second kappa shape index (κ2) is 7.96. The Balaban J connectivity index is 1.35. The van der Waals surface area contributed by atoms with Gasteiger partial charge in [0.15, 0.2) is 5.65 Å². The van der Waals surface area contributed by atoms with Crippen molar-refractivity contribution in [2.75, 3.05) is 18.0 Å². The van der Waals surface area contributed by atoms with Gasteiger partial charge in [0, 0.05) is 31.0 Å². The van der Waals surface area contributed by atoms with Crippen molar-refractivity contribution >= 4 is 17.6 Å². The number of carbonyl (C=O) groups is 1. The Labute approximate surface area is 186 Å². The summed E-state index contributed by atoms with van der Waals surface area (Å²) < 4.78 is 13.2. The van der Waals surface area contributed by atoms with Crippen LogP contribution in [0.4, 0.5) is 10.6 Å². The summed E-state index contributed by atoms with van der Waals surface area (Å²) in [6.45, 7) is 7.06. The maximum atomic E-state index is 12.1. The van der Waals surface area contributed by atoms with E-state index in [-0.39, 0.29) is 18.2 Å². The van der Waals surface area contributed by atoms with Gasteiger partial charge in [-0.25, -0.2) is 19.3 Å². The number of pyridine rings is 1. The monoisotopic (exact) mass is 436 g/mol. The molecule has 2 aliphatic rings. The number of aromatic nitrogens is 4. The lowest BCUT2D eigenvalue weighted by Crippen LogP contribution is -2.40. The molecule has 1 aliphatic carbocycles. The Morgan fingerprint density at radius 2 is 2.03 bits per heavy atom. The van der Waals surface area contributed by atoms with Gasteiger partial charge in [0.1, 0.15) is 17.5 Å². The SMILES string of the molecule is CC(C)(C)OC(=O)N[C@@H]1CCN(c2ccn3ncc(-c4cccnc4OC4CC4)c3n2)C1. The highest BCUT2D eigenvalue weighted by Gasteiger charge is 2.28. The van der Waals surface area contributed by atoms with Crippen LogP contribution < -0.4 is 15.0 Å². The molecule has 0 spiro atoms. The summed E-state index contributed by atoms with van der Waals surface area (Å²) in [6, 6.07) is 5.86. The molecule has 0 radical (unpaired) electrons. The third-order valence-corrected chi connectivity index (χ3v) is 5.45. The van der Waals surface area contributed by atoms with Crippen LogP contribution in [-0.2, 0) is 4.74 Å². The number of amides is 1. The molecular weight excluding hydrogens is 408 g/mol. The number of nitrogens with one attached hydrogen (secondary N) is 1. The number of anilines is 1. The van der Waals surface area contributed by atoms with Gasteiger partial charge in [-0.05, 0) is 58.2 Å². The molecular formula is C23H28N6O3. The molecule has 3 aromatic heterocycles. The summed E-state index contributed by atoms with van der Waals surface area (Å²) in [5.74, 6) is 1.47. The predicted molar refractivity (Wildman–Crippen MR) is 120 cm³/mol. The van der Waals surface area contributed by atoms with Gasteiger partial charge in [-0.3, -0.25) is 0 Å². The summed E-state index contributed by atoms with van der Waals surface area (Å²) in [6.07, 6.45) is 8.31. The molecule has 0 aromatic carbocycles. The van der Waals surface area contributed by atoms with Crippen molar-refractivity contribution in [1.82, 2.24) is 24.9 Å². The van der Waals surface area contributed by atoms with Gasteiger partial charge in [-0.15, -0.1) is 0 Å². The van der Waals surface area contributed by atoms with Gasteiger partial charge in [0.2, 0.25) is 5.88 Å². The zero-order valence-electron chi connectivity index (χ0n) is 18.6. The first-order valence-electron chi connectivity index (χ1n) is 11.1. The van der Waals surface area contributed by atoms with E-state index < -0.39 is 5.60 Å². The zero-order valence-corrected chi connectivity index (χ0v) is 18.6. The minimum atomic E-state index is -0.512. The molecule has 0 unspecified atom stereocenters. The van der Waals surface area contributed by atoms with Crippen LogP contribution in [0.2, 0.25) is 0 Å². The van der Waals surface area contributed by atoms with Gasteiger partial charge >= 0.3 is 6.09 Å². The van der Waals surface area contributed by atoms with Crippen LogP contribution in [0.15, 0.2) is 36.8 Å². The molecule has 1 atom stereocenters. The lowest BCUT2D eigenvalue weighted by atomic mass is 10.1. The van der Waals surface area contributed by atoms with E-state index in [9.17, 15) is 4.79 Å². The van der Waals surface area contributed by atoms with Gasteiger partial charge < -0.3 is 19.7 Å². The number of hydrogen-bond donors (Lipinski definition) is 1. The quantitative estimate of drug-likeness (QED) is 0.655. The molecule has 1 amide bonds. The minimum Gasteiger partial charge on any atom is -0.474 e. The van der Waals surface area contributed by atoms with Crippen molar-refractivity contribution in [3.8, 4) is 17.0 Å². The fourth-order valence-electron chi connectivity index (χ4n) is 3.82. The van der Waals surface area contributed by atoms with Gasteiger partial charge in [-0.2, -0.15) is 5.10 Å². The van der Waals surface area contributed by atoms with Crippen molar-refractivity contribution in [1.29, 1.82) is 0 Å². The lowest BCUT2D eigenvalue weighted by Gasteiger charge is -2.22. The average Bonchev–Trinajstić information content (AvgIpc) is 3.27. The number of carbonyl (C=O) groups excluding carboxylic acids is 1. The first-order chi connectivity index (χ1) is 15.4. The molecule has 9 nitrogen and oxygen atoms in total. The zero-order chi connectivity index (χ0) is 22.3. The van der Waals surface area contributed by atoms with Crippen molar-refractivity contribution in [2.45, 2.75) is 57.8 Å². The molecule has 168 valence electrons. The first-order valence-corrected chi connectivity index (χ1v) is 11.1. The third kappa shape index (κ3) is 4.46. The van der Waals surface area contributed by atoms with E-state index in [1.165, 1.54) is 0 Å². The molecule has 9 heteroatoms. The van der Waals surface area contributed by atoms with Crippen LogP contribution in [-0.4, -0.2) is 56.5 Å². The average molecular weight is 437 g/mol. The molecule has 2 fully saturated rings. The highest BCUT2D eigenvalue weighted by Crippen LogP contribution is 2.35. The van der Waals surface area contributed by atoms with Crippen molar-refractivity contribution in [3.05, 3.63) is 36.8 Å². The van der Waals surface area contributed by atoms with Crippen LogP contribution in [0.3, 0.4) is 0 Å². The molecule has 32 heavy (non-hydrogen) atoms. The molecule has 1 N–H and O–H groups in total. The highest BCUT2D eigenvalue weighted by atomic mass is 16.6. The second-order valence-corrected chi connectivity index (χ2v) is 9.36. The summed E-state index contributed by atoms with van der Waals surface area (Å²) in [7, 11) is 0. The van der Waals surface area contributed by atoms with Crippen LogP contribution in [0.1, 0.15) is 40.0 Å². The Kier molecular flexibility index (Phi) is 5.11. The van der Waals surface area contributed by atoms with Crippen LogP contribution in [0.25, 0.3) is 16.8 Å². The Morgan fingerprint density at radius 1 is 1.19 bits per heavy atom. The lowest BCUT2D eigenvalue weighted by molar-refractivity contribution is 0.0509. The van der Waals surface area contributed by atoms with E-state index in [2.05, 4.69) is 20.3 Å². The molecule has 0 bridgehead atoms.